The van der Waals surface area contributed by atoms with E-state index in [4.69, 9.17) is 9.72 Å². The average molecular weight is 327 g/mol. The van der Waals surface area contributed by atoms with E-state index in [1.807, 2.05) is 4.52 Å². The summed E-state index contributed by atoms with van der Waals surface area (Å²) in [5.41, 5.74) is 3.42. The SMILES string of the molecule is CCOC(=O)c1cc2nc(C3CC4CCC3C4)cc(C(C)C)n2n1. The molecule has 2 saturated carbocycles. The molecule has 5 nitrogen and oxygen atoms in total. The van der Waals surface area contributed by atoms with Crippen LogP contribution in [0.25, 0.3) is 5.65 Å². The highest BCUT2D eigenvalue weighted by atomic mass is 16.5. The third-order valence-corrected chi connectivity index (χ3v) is 5.67. The molecule has 3 atom stereocenters. The quantitative estimate of drug-likeness (QED) is 0.798. The van der Waals surface area contributed by atoms with Gasteiger partial charge in [-0.1, -0.05) is 20.3 Å². The zero-order valence-electron chi connectivity index (χ0n) is 14.7. The molecule has 2 heterocycles. The lowest BCUT2D eigenvalue weighted by molar-refractivity contribution is 0.0519. The molecule has 2 aromatic heterocycles. The summed E-state index contributed by atoms with van der Waals surface area (Å²) in [4.78, 5) is 16.9. The van der Waals surface area contributed by atoms with Gasteiger partial charge in [0, 0.05) is 23.4 Å². The third kappa shape index (κ3) is 2.50. The molecule has 2 fully saturated rings. The Morgan fingerprint density at radius 2 is 2.17 bits per heavy atom. The first kappa shape index (κ1) is 15.6. The smallest absolute Gasteiger partial charge is 0.358 e. The van der Waals surface area contributed by atoms with Gasteiger partial charge in [0.05, 0.1) is 6.61 Å². The first-order valence-electron chi connectivity index (χ1n) is 9.14. The topological polar surface area (TPSA) is 56.5 Å². The normalized spacial score (nSPS) is 25.8. The molecule has 2 aromatic rings. The van der Waals surface area contributed by atoms with Crippen LogP contribution >= 0.6 is 0 Å². The Labute approximate surface area is 142 Å². The van der Waals surface area contributed by atoms with Crippen molar-refractivity contribution in [2.45, 2.75) is 58.3 Å². The van der Waals surface area contributed by atoms with Crippen molar-refractivity contribution in [1.82, 2.24) is 14.6 Å². The number of fused-ring (bicyclic) bond motifs is 3. The van der Waals surface area contributed by atoms with E-state index in [0.29, 0.717) is 24.1 Å². The zero-order chi connectivity index (χ0) is 16.8. The van der Waals surface area contributed by atoms with Crippen LogP contribution in [0.15, 0.2) is 12.1 Å². The second-order valence-electron chi connectivity index (χ2n) is 7.56. The molecule has 2 aliphatic carbocycles. The number of nitrogens with zero attached hydrogens (tertiary/aromatic N) is 3. The van der Waals surface area contributed by atoms with Crippen molar-refractivity contribution in [3.05, 3.63) is 29.2 Å². The van der Waals surface area contributed by atoms with Crippen molar-refractivity contribution in [3.8, 4) is 0 Å². The highest BCUT2D eigenvalue weighted by molar-refractivity contribution is 5.88. The largest absolute Gasteiger partial charge is 0.461 e. The van der Waals surface area contributed by atoms with Crippen molar-refractivity contribution in [2.75, 3.05) is 6.61 Å². The first-order valence-corrected chi connectivity index (χ1v) is 9.14. The minimum atomic E-state index is -0.376. The lowest BCUT2D eigenvalue weighted by atomic mass is 9.85. The van der Waals surface area contributed by atoms with Crippen LogP contribution in [-0.4, -0.2) is 27.2 Å². The molecular weight excluding hydrogens is 302 g/mol. The van der Waals surface area contributed by atoms with Crippen LogP contribution in [0.1, 0.15) is 80.2 Å². The number of aromatic nitrogens is 3. The molecule has 2 bridgehead atoms. The number of esters is 1. The second kappa shape index (κ2) is 5.87. The number of carbonyl (C=O) groups excluding carboxylic acids is 1. The summed E-state index contributed by atoms with van der Waals surface area (Å²) in [6.45, 7) is 6.47. The Morgan fingerprint density at radius 1 is 1.33 bits per heavy atom. The Morgan fingerprint density at radius 3 is 2.79 bits per heavy atom. The van der Waals surface area contributed by atoms with E-state index < -0.39 is 0 Å². The summed E-state index contributed by atoms with van der Waals surface area (Å²) in [5, 5.41) is 4.45. The highest BCUT2D eigenvalue weighted by Crippen LogP contribution is 2.52. The molecular formula is C19H25N3O2. The van der Waals surface area contributed by atoms with E-state index >= 15 is 0 Å². The van der Waals surface area contributed by atoms with E-state index in [1.165, 1.54) is 31.4 Å². The standard InChI is InChI=1S/C19H25N3O2/c1-4-24-19(23)16-10-18-20-15(9-17(11(2)3)22(18)21-16)14-8-12-5-6-13(14)7-12/h9-14H,4-8H2,1-3H3. The number of rotatable bonds is 4. The molecule has 24 heavy (non-hydrogen) atoms. The number of carbonyl (C=O) groups is 1. The van der Waals surface area contributed by atoms with Gasteiger partial charge in [-0.2, -0.15) is 5.10 Å². The van der Waals surface area contributed by atoms with Gasteiger partial charge in [-0.3, -0.25) is 0 Å². The molecule has 4 rings (SSSR count). The maximum Gasteiger partial charge on any atom is 0.358 e. The van der Waals surface area contributed by atoms with Gasteiger partial charge >= 0.3 is 5.97 Å². The van der Waals surface area contributed by atoms with Crippen LogP contribution < -0.4 is 0 Å². The van der Waals surface area contributed by atoms with Crippen molar-refractivity contribution in [3.63, 3.8) is 0 Å². The van der Waals surface area contributed by atoms with Gasteiger partial charge in [-0.25, -0.2) is 14.3 Å². The molecule has 2 aliphatic rings. The van der Waals surface area contributed by atoms with Gasteiger partial charge < -0.3 is 4.74 Å². The van der Waals surface area contributed by atoms with E-state index in [0.717, 1.165) is 23.2 Å². The molecule has 0 saturated heterocycles. The third-order valence-electron chi connectivity index (χ3n) is 5.67. The van der Waals surface area contributed by atoms with Crippen molar-refractivity contribution < 1.29 is 9.53 Å². The molecule has 128 valence electrons. The molecule has 0 spiro atoms. The van der Waals surface area contributed by atoms with Crippen molar-refractivity contribution in [1.29, 1.82) is 0 Å². The second-order valence-corrected chi connectivity index (χ2v) is 7.56. The molecule has 0 amide bonds. The van der Waals surface area contributed by atoms with Crippen molar-refractivity contribution >= 4 is 11.6 Å². The Balaban J connectivity index is 1.77. The summed E-state index contributed by atoms with van der Waals surface area (Å²) < 4.78 is 6.90. The number of hydrogen-bond acceptors (Lipinski definition) is 4. The first-order chi connectivity index (χ1) is 11.6. The molecule has 0 aliphatic heterocycles. The maximum atomic E-state index is 12.0. The number of ether oxygens (including phenoxy) is 1. The van der Waals surface area contributed by atoms with Crippen LogP contribution in [-0.2, 0) is 4.74 Å². The van der Waals surface area contributed by atoms with Crippen molar-refractivity contribution in [2.24, 2.45) is 11.8 Å². The van der Waals surface area contributed by atoms with Gasteiger partial charge in [0.15, 0.2) is 11.3 Å². The molecule has 0 aromatic carbocycles. The molecule has 3 unspecified atom stereocenters. The van der Waals surface area contributed by atoms with Crippen LogP contribution in [0.2, 0.25) is 0 Å². The Hall–Kier alpha value is -1.91. The fourth-order valence-electron chi connectivity index (χ4n) is 4.53. The predicted octanol–water partition coefficient (Wildman–Crippen LogP) is 3.93. The summed E-state index contributed by atoms with van der Waals surface area (Å²) in [6.07, 6.45) is 5.36. The average Bonchev–Trinajstić information content (AvgIpc) is 3.28. The van der Waals surface area contributed by atoms with Crippen LogP contribution in [0, 0.1) is 11.8 Å². The van der Waals surface area contributed by atoms with E-state index in [-0.39, 0.29) is 5.97 Å². The maximum absolute atomic E-state index is 12.0. The minimum Gasteiger partial charge on any atom is -0.461 e. The zero-order valence-corrected chi connectivity index (χ0v) is 14.7. The van der Waals surface area contributed by atoms with Gasteiger partial charge in [0.25, 0.3) is 0 Å². The lowest BCUT2D eigenvalue weighted by Gasteiger charge is -2.22. The predicted molar refractivity (Wildman–Crippen MR) is 91.2 cm³/mol. The lowest BCUT2D eigenvalue weighted by Crippen LogP contribution is -2.13. The molecule has 0 N–H and O–H groups in total. The Bertz CT molecular complexity index is 780. The fraction of sp³-hybridized carbons (Fsp3) is 0.632. The summed E-state index contributed by atoms with van der Waals surface area (Å²) >= 11 is 0. The molecule has 5 heteroatoms. The van der Waals surface area contributed by atoms with E-state index in [1.54, 1.807) is 13.0 Å². The van der Waals surface area contributed by atoms with E-state index in [9.17, 15) is 4.79 Å². The van der Waals surface area contributed by atoms with Gasteiger partial charge in [-0.05, 0) is 50.0 Å². The fourth-order valence-corrected chi connectivity index (χ4v) is 4.53. The van der Waals surface area contributed by atoms with E-state index in [2.05, 4.69) is 25.0 Å². The monoisotopic (exact) mass is 327 g/mol. The highest BCUT2D eigenvalue weighted by Gasteiger charge is 2.41. The van der Waals surface area contributed by atoms with Crippen LogP contribution in [0.3, 0.4) is 0 Å². The summed E-state index contributed by atoms with van der Waals surface area (Å²) in [6, 6.07) is 3.98. The minimum absolute atomic E-state index is 0.322. The van der Waals surface area contributed by atoms with Gasteiger partial charge in [0.1, 0.15) is 0 Å². The summed E-state index contributed by atoms with van der Waals surface area (Å²) in [5.74, 6) is 2.20. The van der Waals surface area contributed by atoms with Gasteiger partial charge in [0.2, 0.25) is 0 Å². The summed E-state index contributed by atoms with van der Waals surface area (Å²) in [7, 11) is 0. The number of hydrogen-bond donors (Lipinski definition) is 0. The molecule has 0 radical (unpaired) electrons. The van der Waals surface area contributed by atoms with Crippen LogP contribution in [0.5, 0.6) is 0 Å². The van der Waals surface area contributed by atoms with Crippen LogP contribution in [0.4, 0.5) is 0 Å². The van der Waals surface area contributed by atoms with Gasteiger partial charge in [-0.15, -0.1) is 0 Å². The Kier molecular flexibility index (Phi) is 3.82.